The topological polar surface area (TPSA) is 85.8 Å². The smallest absolute Gasteiger partial charge is 0.241 e. The van der Waals surface area contributed by atoms with Gasteiger partial charge in [0.1, 0.15) is 6.33 Å². The van der Waals surface area contributed by atoms with Gasteiger partial charge in [0, 0.05) is 17.4 Å². The molecule has 3 aromatic rings. The molecule has 24 heavy (non-hydrogen) atoms. The van der Waals surface area contributed by atoms with Gasteiger partial charge in [0.2, 0.25) is 11.7 Å². The Bertz CT molecular complexity index is 798. The van der Waals surface area contributed by atoms with Gasteiger partial charge in [-0.1, -0.05) is 17.3 Å². The van der Waals surface area contributed by atoms with Gasteiger partial charge in [-0.25, -0.2) is 4.68 Å². The molecule has 9 heteroatoms. The molecule has 1 aliphatic rings. The van der Waals surface area contributed by atoms with Crippen molar-refractivity contribution in [2.75, 3.05) is 18.6 Å². The molecule has 0 bridgehead atoms. The first-order chi connectivity index (χ1) is 11.8. The van der Waals surface area contributed by atoms with E-state index in [1.54, 1.807) is 11.0 Å². The Hall–Kier alpha value is -2.26. The van der Waals surface area contributed by atoms with Gasteiger partial charge >= 0.3 is 0 Å². The maximum Gasteiger partial charge on any atom is 0.241 e. The van der Waals surface area contributed by atoms with Crippen molar-refractivity contribution in [3.05, 3.63) is 36.5 Å². The lowest BCUT2D eigenvalue weighted by molar-refractivity contribution is 0.218. The fourth-order valence-electron chi connectivity index (χ4n) is 2.72. The van der Waals surface area contributed by atoms with E-state index in [2.05, 4.69) is 37.6 Å². The van der Waals surface area contributed by atoms with Gasteiger partial charge < -0.3 is 4.52 Å². The molecule has 1 aliphatic heterocycles. The van der Waals surface area contributed by atoms with Gasteiger partial charge in [-0.3, -0.25) is 4.90 Å². The number of thioether (sulfide) groups is 1. The second-order valence-electron chi connectivity index (χ2n) is 5.75. The number of tetrazole rings is 1. The average Bonchev–Trinajstić information content (AvgIpc) is 3.36. The van der Waals surface area contributed by atoms with Gasteiger partial charge in [-0.05, 0) is 41.8 Å². The highest BCUT2D eigenvalue weighted by molar-refractivity contribution is 7.99. The summed E-state index contributed by atoms with van der Waals surface area (Å²) in [6, 6.07) is 8.31. The maximum atomic E-state index is 5.42. The lowest BCUT2D eigenvalue weighted by Crippen LogP contribution is -2.30. The van der Waals surface area contributed by atoms with E-state index in [0.29, 0.717) is 24.3 Å². The number of nitrogens with zero attached hydrogens (tertiary/aromatic N) is 7. The van der Waals surface area contributed by atoms with Crippen LogP contribution in [0.2, 0.25) is 0 Å². The number of aromatic nitrogens is 6. The maximum absolute atomic E-state index is 5.42. The second-order valence-corrected chi connectivity index (χ2v) is 6.90. The molecule has 1 saturated heterocycles. The quantitative estimate of drug-likeness (QED) is 0.691. The van der Waals surface area contributed by atoms with Gasteiger partial charge in [0.25, 0.3) is 0 Å². The molecular formula is C15H17N7OS. The Morgan fingerprint density at radius 1 is 1.42 bits per heavy atom. The number of hydrogen-bond donors (Lipinski definition) is 0. The molecule has 0 radical (unpaired) electrons. The van der Waals surface area contributed by atoms with E-state index >= 15 is 0 Å². The van der Waals surface area contributed by atoms with Crippen molar-refractivity contribution >= 4 is 11.8 Å². The molecule has 0 amide bonds. The van der Waals surface area contributed by atoms with Crippen LogP contribution in [0.1, 0.15) is 12.3 Å². The summed E-state index contributed by atoms with van der Waals surface area (Å²) in [5, 5.41) is 15.3. The Morgan fingerprint density at radius 3 is 3.17 bits per heavy atom. The number of rotatable bonds is 5. The Labute approximate surface area is 143 Å². The summed E-state index contributed by atoms with van der Waals surface area (Å²) in [6.45, 7) is 0.672. The summed E-state index contributed by atoms with van der Waals surface area (Å²) < 4.78 is 7.02. The van der Waals surface area contributed by atoms with Crippen LogP contribution in [-0.4, -0.2) is 59.8 Å². The predicted octanol–water partition coefficient (Wildman–Crippen LogP) is 1.65. The zero-order valence-corrected chi connectivity index (χ0v) is 14.1. The van der Waals surface area contributed by atoms with E-state index in [9.17, 15) is 0 Å². The monoisotopic (exact) mass is 343 g/mol. The van der Waals surface area contributed by atoms with E-state index in [0.717, 1.165) is 11.3 Å². The molecule has 124 valence electrons. The Balaban J connectivity index is 1.51. The fourth-order valence-corrected chi connectivity index (χ4v) is 4.01. The molecule has 0 aliphatic carbocycles. The third-order valence-electron chi connectivity index (χ3n) is 4.10. The zero-order chi connectivity index (χ0) is 16.4. The zero-order valence-electron chi connectivity index (χ0n) is 13.2. The third-order valence-corrected chi connectivity index (χ3v) is 5.24. The van der Waals surface area contributed by atoms with Crippen LogP contribution in [-0.2, 0) is 6.54 Å². The molecule has 8 nitrogen and oxygen atoms in total. The number of hydrogen-bond acceptors (Lipinski definition) is 8. The predicted molar refractivity (Wildman–Crippen MR) is 89.6 cm³/mol. The largest absolute Gasteiger partial charge is 0.338 e. The molecule has 1 aromatic carbocycles. The van der Waals surface area contributed by atoms with Crippen LogP contribution in [0.5, 0.6) is 0 Å². The SMILES string of the molecule is CN(Cc1nc(-c2cccc(-n3cnnn3)c2)no1)C1CCSC1. The minimum Gasteiger partial charge on any atom is -0.338 e. The van der Waals surface area contributed by atoms with Crippen molar-refractivity contribution in [3.63, 3.8) is 0 Å². The molecule has 2 aromatic heterocycles. The molecule has 1 unspecified atom stereocenters. The molecule has 3 heterocycles. The van der Waals surface area contributed by atoms with Gasteiger partial charge in [0.15, 0.2) is 0 Å². The van der Waals surface area contributed by atoms with Crippen molar-refractivity contribution in [1.29, 1.82) is 0 Å². The summed E-state index contributed by atoms with van der Waals surface area (Å²) in [5.41, 5.74) is 1.72. The summed E-state index contributed by atoms with van der Waals surface area (Å²) in [4.78, 5) is 6.81. The standard InChI is InChI=1S/C15H17N7OS/c1-21(13-5-6-24-9-13)8-14-17-15(18-23-14)11-3-2-4-12(7-11)22-10-16-19-20-22/h2-4,7,10,13H,5-6,8-9H2,1H3. The summed E-state index contributed by atoms with van der Waals surface area (Å²) in [5.74, 6) is 3.62. The highest BCUT2D eigenvalue weighted by atomic mass is 32.2. The number of benzene rings is 1. The van der Waals surface area contributed by atoms with Crippen LogP contribution < -0.4 is 0 Å². The van der Waals surface area contributed by atoms with Crippen molar-refractivity contribution in [1.82, 2.24) is 35.2 Å². The van der Waals surface area contributed by atoms with Crippen LogP contribution in [0.15, 0.2) is 35.1 Å². The molecule has 1 atom stereocenters. The summed E-state index contributed by atoms with van der Waals surface area (Å²) in [7, 11) is 2.11. The minimum atomic E-state index is 0.578. The van der Waals surface area contributed by atoms with Gasteiger partial charge in [-0.15, -0.1) is 5.10 Å². The molecule has 4 rings (SSSR count). The first-order valence-electron chi connectivity index (χ1n) is 7.74. The van der Waals surface area contributed by atoms with Crippen molar-refractivity contribution in [2.24, 2.45) is 0 Å². The summed E-state index contributed by atoms with van der Waals surface area (Å²) in [6.07, 6.45) is 2.77. The lowest BCUT2D eigenvalue weighted by Gasteiger charge is -2.21. The van der Waals surface area contributed by atoms with Crippen LogP contribution in [0, 0.1) is 0 Å². The average molecular weight is 343 g/mol. The highest BCUT2D eigenvalue weighted by Crippen LogP contribution is 2.23. The van der Waals surface area contributed by atoms with E-state index in [-0.39, 0.29) is 0 Å². The first kappa shape index (κ1) is 15.3. The highest BCUT2D eigenvalue weighted by Gasteiger charge is 2.22. The van der Waals surface area contributed by atoms with Crippen LogP contribution in [0.4, 0.5) is 0 Å². The minimum absolute atomic E-state index is 0.578. The van der Waals surface area contributed by atoms with Crippen LogP contribution in [0.25, 0.3) is 17.1 Å². The van der Waals surface area contributed by atoms with Crippen molar-refractivity contribution in [3.8, 4) is 17.1 Å². The first-order valence-corrected chi connectivity index (χ1v) is 8.89. The Kier molecular flexibility index (Phi) is 4.26. The molecular weight excluding hydrogens is 326 g/mol. The lowest BCUT2D eigenvalue weighted by atomic mass is 10.2. The van der Waals surface area contributed by atoms with Crippen LogP contribution in [0.3, 0.4) is 0 Å². The van der Waals surface area contributed by atoms with E-state index in [1.165, 1.54) is 17.9 Å². The molecule has 1 fully saturated rings. The summed E-state index contributed by atoms with van der Waals surface area (Å²) >= 11 is 2.00. The molecule has 0 N–H and O–H groups in total. The normalized spacial score (nSPS) is 17.7. The van der Waals surface area contributed by atoms with E-state index in [4.69, 9.17) is 4.52 Å². The van der Waals surface area contributed by atoms with E-state index < -0.39 is 0 Å². The Morgan fingerprint density at radius 2 is 2.38 bits per heavy atom. The fraction of sp³-hybridized carbons (Fsp3) is 0.400. The third kappa shape index (κ3) is 3.17. The van der Waals surface area contributed by atoms with Crippen LogP contribution >= 0.6 is 11.8 Å². The van der Waals surface area contributed by atoms with Crippen molar-refractivity contribution < 1.29 is 4.52 Å². The second kappa shape index (κ2) is 6.70. The van der Waals surface area contributed by atoms with Gasteiger partial charge in [-0.2, -0.15) is 16.7 Å². The molecule has 0 spiro atoms. The van der Waals surface area contributed by atoms with E-state index in [1.807, 2.05) is 36.0 Å². The molecule has 0 saturated carbocycles. The van der Waals surface area contributed by atoms with Crippen molar-refractivity contribution in [2.45, 2.75) is 19.0 Å². The van der Waals surface area contributed by atoms with Gasteiger partial charge in [0.05, 0.1) is 12.2 Å².